The van der Waals surface area contributed by atoms with Crippen LogP contribution in [0.25, 0.3) is 22.4 Å². The maximum absolute atomic E-state index is 13.3. The molecule has 0 aliphatic heterocycles. The largest absolute Gasteiger partial charge is 0.360 e. The summed E-state index contributed by atoms with van der Waals surface area (Å²) in [5.41, 5.74) is 5.59. The molecule has 0 unspecified atom stereocenters. The van der Waals surface area contributed by atoms with Crippen LogP contribution in [0, 0.1) is 12.7 Å². The van der Waals surface area contributed by atoms with E-state index in [1.807, 2.05) is 41.2 Å². The molecule has 0 aliphatic rings. The van der Waals surface area contributed by atoms with E-state index in [-0.39, 0.29) is 11.7 Å². The zero-order chi connectivity index (χ0) is 24.2. The van der Waals surface area contributed by atoms with Crippen molar-refractivity contribution in [1.29, 1.82) is 0 Å². The summed E-state index contributed by atoms with van der Waals surface area (Å²) in [5, 5.41) is 11.3. The Kier molecular flexibility index (Phi) is 6.22. The van der Waals surface area contributed by atoms with Crippen LogP contribution in [0.2, 0.25) is 0 Å². The normalized spacial score (nSPS) is 10.9. The minimum atomic E-state index is -0.356. The van der Waals surface area contributed by atoms with Gasteiger partial charge in [0.05, 0.1) is 6.54 Å². The van der Waals surface area contributed by atoms with Gasteiger partial charge in [-0.1, -0.05) is 53.7 Å². The molecule has 7 heteroatoms. The van der Waals surface area contributed by atoms with E-state index >= 15 is 0 Å². The molecule has 5 rings (SSSR count). The van der Waals surface area contributed by atoms with Gasteiger partial charge < -0.3 is 9.84 Å². The van der Waals surface area contributed by atoms with Crippen LogP contribution in [0.3, 0.4) is 0 Å². The molecule has 2 heterocycles. The molecule has 3 aromatic carbocycles. The third kappa shape index (κ3) is 4.89. The summed E-state index contributed by atoms with van der Waals surface area (Å²) < 4.78 is 20.5. The number of carbonyl (C=O) groups excluding carboxylic acids is 1. The molecular weight excluding hydrogens is 443 g/mol. The lowest BCUT2D eigenvalue weighted by atomic mass is 9.98. The van der Waals surface area contributed by atoms with Crippen molar-refractivity contribution in [2.24, 2.45) is 0 Å². The Morgan fingerprint density at radius 3 is 2.46 bits per heavy atom. The van der Waals surface area contributed by atoms with Crippen LogP contribution in [-0.2, 0) is 13.1 Å². The fourth-order valence-electron chi connectivity index (χ4n) is 4.04. The van der Waals surface area contributed by atoms with Gasteiger partial charge in [-0.15, -0.1) is 0 Å². The third-order valence-electron chi connectivity index (χ3n) is 5.83. The average molecular weight is 467 g/mol. The lowest BCUT2D eigenvalue weighted by molar-refractivity contribution is 0.0950. The first-order valence-electron chi connectivity index (χ1n) is 11.2. The summed E-state index contributed by atoms with van der Waals surface area (Å²) in [5.74, 6) is -0.249. The monoisotopic (exact) mass is 466 g/mol. The molecule has 0 fully saturated rings. The van der Waals surface area contributed by atoms with Crippen molar-refractivity contribution in [2.75, 3.05) is 0 Å². The summed E-state index contributed by atoms with van der Waals surface area (Å²) >= 11 is 0. The molecule has 5 aromatic rings. The van der Waals surface area contributed by atoms with Crippen molar-refractivity contribution < 1.29 is 13.7 Å². The standard InChI is InChI=1S/C28H23FN4O2/c1-19-26(27(32-35-19)22-11-13-24(29)14-12-22)28(34)30-17-23-5-2-3-6-25(23)21-9-7-20(8-10-21)18-33-16-4-15-31-33/h2-16H,17-18H2,1H3,(H,30,34). The predicted octanol–water partition coefficient (Wildman–Crippen LogP) is 5.63. The Hall–Kier alpha value is -4.52. The molecule has 35 heavy (non-hydrogen) atoms. The maximum Gasteiger partial charge on any atom is 0.257 e. The van der Waals surface area contributed by atoms with E-state index < -0.39 is 0 Å². The number of aromatic nitrogens is 3. The van der Waals surface area contributed by atoms with E-state index in [0.29, 0.717) is 35.7 Å². The van der Waals surface area contributed by atoms with Crippen LogP contribution in [0.4, 0.5) is 4.39 Å². The molecule has 0 radical (unpaired) electrons. The number of hydrogen-bond acceptors (Lipinski definition) is 4. The first kappa shape index (κ1) is 22.3. The number of benzene rings is 3. The summed E-state index contributed by atoms with van der Waals surface area (Å²) in [4.78, 5) is 13.1. The molecule has 0 atom stereocenters. The SMILES string of the molecule is Cc1onc(-c2ccc(F)cc2)c1C(=O)NCc1ccccc1-c1ccc(Cn2cccn2)cc1. The van der Waals surface area contributed by atoms with Crippen LogP contribution < -0.4 is 5.32 Å². The van der Waals surface area contributed by atoms with Crippen LogP contribution in [0.5, 0.6) is 0 Å². The summed E-state index contributed by atoms with van der Waals surface area (Å²) in [7, 11) is 0. The zero-order valence-electron chi connectivity index (χ0n) is 19.1. The van der Waals surface area contributed by atoms with Gasteiger partial charge in [0.1, 0.15) is 22.8 Å². The van der Waals surface area contributed by atoms with Crippen molar-refractivity contribution in [1.82, 2.24) is 20.3 Å². The second kappa shape index (κ2) is 9.77. The van der Waals surface area contributed by atoms with Crippen molar-refractivity contribution >= 4 is 5.91 Å². The third-order valence-corrected chi connectivity index (χ3v) is 5.83. The molecule has 2 aromatic heterocycles. The van der Waals surface area contributed by atoms with Crippen LogP contribution in [0.15, 0.2) is 95.8 Å². The summed E-state index contributed by atoms with van der Waals surface area (Å²) in [6.07, 6.45) is 3.70. The lowest BCUT2D eigenvalue weighted by Gasteiger charge is -2.12. The number of aryl methyl sites for hydroxylation is 1. The van der Waals surface area contributed by atoms with Gasteiger partial charge in [-0.3, -0.25) is 9.48 Å². The predicted molar refractivity (Wildman–Crippen MR) is 131 cm³/mol. The number of carbonyl (C=O) groups is 1. The number of amides is 1. The molecular formula is C28H23FN4O2. The molecule has 174 valence electrons. The van der Waals surface area contributed by atoms with Crippen molar-refractivity contribution in [3.63, 3.8) is 0 Å². The average Bonchev–Trinajstić information content (AvgIpc) is 3.53. The Morgan fingerprint density at radius 1 is 0.971 bits per heavy atom. The highest BCUT2D eigenvalue weighted by molar-refractivity contribution is 6.00. The maximum atomic E-state index is 13.3. The highest BCUT2D eigenvalue weighted by Crippen LogP contribution is 2.27. The van der Waals surface area contributed by atoms with Gasteiger partial charge in [0.15, 0.2) is 0 Å². The quantitative estimate of drug-likeness (QED) is 0.337. The van der Waals surface area contributed by atoms with Crippen LogP contribution >= 0.6 is 0 Å². The second-order valence-corrected chi connectivity index (χ2v) is 8.21. The van der Waals surface area contributed by atoms with Gasteiger partial charge in [-0.25, -0.2) is 4.39 Å². The van der Waals surface area contributed by atoms with Gasteiger partial charge in [0.2, 0.25) is 0 Å². The van der Waals surface area contributed by atoms with Gasteiger partial charge >= 0.3 is 0 Å². The van der Waals surface area contributed by atoms with E-state index in [4.69, 9.17) is 4.52 Å². The number of rotatable bonds is 7. The Balaban J connectivity index is 1.33. The van der Waals surface area contributed by atoms with Crippen molar-refractivity contribution in [3.05, 3.63) is 120 Å². The minimum Gasteiger partial charge on any atom is -0.360 e. The molecule has 6 nitrogen and oxygen atoms in total. The van der Waals surface area contributed by atoms with Crippen LogP contribution in [0.1, 0.15) is 27.2 Å². The Bertz CT molecular complexity index is 1440. The van der Waals surface area contributed by atoms with E-state index in [0.717, 1.165) is 22.3 Å². The highest BCUT2D eigenvalue weighted by Gasteiger charge is 2.21. The Labute approximate surface area is 202 Å². The topological polar surface area (TPSA) is 73.0 Å². The number of hydrogen-bond donors (Lipinski definition) is 1. The highest BCUT2D eigenvalue weighted by atomic mass is 19.1. The van der Waals surface area contributed by atoms with E-state index in [1.165, 1.54) is 12.1 Å². The van der Waals surface area contributed by atoms with Gasteiger partial charge in [0, 0.05) is 24.5 Å². The molecule has 0 saturated heterocycles. The molecule has 1 amide bonds. The lowest BCUT2D eigenvalue weighted by Crippen LogP contribution is -2.24. The molecule has 0 saturated carbocycles. The molecule has 0 spiro atoms. The molecule has 0 bridgehead atoms. The summed E-state index contributed by atoms with van der Waals surface area (Å²) in [6, 6.07) is 24.0. The smallest absolute Gasteiger partial charge is 0.257 e. The summed E-state index contributed by atoms with van der Waals surface area (Å²) in [6.45, 7) is 2.73. The van der Waals surface area contributed by atoms with Crippen molar-refractivity contribution in [2.45, 2.75) is 20.0 Å². The van der Waals surface area contributed by atoms with Gasteiger partial charge in [-0.05, 0) is 59.5 Å². The Morgan fingerprint density at radius 2 is 1.71 bits per heavy atom. The number of nitrogens with one attached hydrogen (secondary N) is 1. The fraction of sp³-hybridized carbons (Fsp3) is 0.107. The fourth-order valence-corrected chi connectivity index (χ4v) is 4.04. The van der Waals surface area contributed by atoms with Crippen LogP contribution in [-0.4, -0.2) is 20.8 Å². The second-order valence-electron chi connectivity index (χ2n) is 8.21. The number of nitrogens with zero attached hydrogens (tertiary/aromatic N) is 3. The van der Waals surface area contributed by atoms with E-state index in [2.05, 4.69) is 39.8 Å². The van der Waals surface area contributed by atoms with Gasteiger partial charge in [0.25, 0.3) is 5.91 Å². The molecule has 0 aliphatic carbocycles. The first-order chi connectivity index (χ1) is 17.1. The van der Waals surface area contributed by atoms with Gasteiger partial charge in [-0.2, -0.15) is 5.10 Å². The van der Waals surface area contributed by atoms with E-state index in [1.54, 1.807) is 25.3 Å². The zero-order valence-corrected chi connectivity index (χ0v) is 19.1. The molecule has 1 N–H and O–H groups in total. The first-order valence-corrected chi connectivity index (χ1v) is 11.2. The van der Waals surface area contributed by atoms with E-state index in [9.17, 15) is 9.18 Å². The van der Waals surface area contributed by atoms with Crippen molar-refractivity contribution in [3.8, 4) is 22.4 Å². The minimum absolute atomic E-state index is 0.299. The number of halogens is 1.